The van der Waals surface area contributed by atoms with Gasteiger partial charge in [-0.1, -0.05) is 30.3 Å². The summed E-state index contributed by atoms with van der Waals surface area (Å²) in [6, 6.07) is 16.7. The number of hydrogen-bond donors (Lipinski definition) is 0. The second-order valence-electron chi connectivity index (χ2n) is 5.55. The van der Waals surface area contributed by atoms with Crippen LogP contribution in [0.3, 0.4) is 0 Å². The smallest absolute Gasteiger partial charge is 0.255 e. The van der Waals surface area contributed by atoms with Gasteiger partial charge in [0.25, 0.3) is 5.91 Å². The van der Waals surface area contributed by atoms with E-state index in [4.69, 9.17) is 9.47 Å². The van der Waals surface area contributed by atoms with E-state index >= 15 is 0 Å². The van der Waals surface area contributed by atoms with Gasteiger partial charge in [-0.15, -0.1) is 0 Å². The summed E-state index contributed by atoms with van der Waals surface area (Å²) in [4.78, 5) is 14.0. The third-order valence-corrected chi connectivity index (χ3v) is 4.03. The van der Waals surface area contributed by atoms with Gasteiger partial charge < -0.3 is 14.4 Å². The molecule has 1 atom stereocenters. The monoisotopic (exact) mass is 322 g/mol. The van der Waals surface area contributed by atoms with E-state index in [2.05, 4.69) is 6.07 Å². The quantitative estimate of drug-likeness (QED) is 0.820. The van der Waals surface area contributed by atoms with Gasteiger partial charge in [-0.25, -0.2) is 0 Å². The fourth-order valence-electron chi connectivity index (χ4n) is 2.79. The molecule has 1 unspecified atom stereocenters. The molecule has 0 N–H and O–H groups in total. The van der Waals surface area contributed by atoms with Crippen LogP contribution >= 0.6 is 0 Å². The van der Waals surface area contributed by atoms with Crippen molar-refractivity contribution < 1.29 is 14.3 Å². The van der Waals surface area contributed by atoms with E-state index in [-0.39, 0.29) is 5.91 Å². The van der Waals surface area contributed by atoms with Crippen LogP contribution in [-0.2, 0) is 11.3 Å². The van der Waals surface area contributed by atoms with Crippen LogP contribution in [0.15, 0.2) is 48.5 Å². The summed E-state index contributed by atoms with van der Waals surface area (Å²) in [5.74, 6) is 0.516. The Morgan fingerprint density at radius 2 is 2.00 bits per heavy atom. The van der Waals surface area contributed by atoms with Crippen molar-refractivity contribution in [2.24, 2.45) is 0 Å². The molecule has 0 fully saturated rings. The summed E-state index contributed by atoms with van der Waals surface area (Å²) >= 11 is 0. The summed E-state index contributed by atoms with van der Waals surface area (Å²) in [5, 5.41) is 9.47. The van der Waals surface area contributed by atoms with Crippen LogP contribution < -0.4 is 4.74 Å². The third-order valence-electron chi connectivity index (χ3n) is 4.03. The van der Waals surface area contributed by atoms with Crippen molar-refractivity contribution in [2.75, 3.05) is 20.3 Å². The number of ether oxygens (including phenoxy) is 2. The van der Waals surface area contributed by atoms with Gasteiger partial charge in [0, 0.05) is 24.8 Å². The van der Waals surface area contributed by atoms with Gasteiger partial charge in [0.2, 0.25) is 0 Å². The number of hydrogen-bond acceptors (Lipinski definition) is 4. The van der Waals surface area contributed by atoms with Crippen molar-refractivity contribution in [1.82, 2.24) is 4.90 Å². The predicted octanol–water partition coefficient (Wildman–Crippen LogP) is 2.93. The minimum absolute atomic E-state index is 0.136. The summed E-state index contributed by atoms with van der Waals surface area (Å²) in [7, 11) is 1.57. The number of fused-ring (bicyclic) bond motifs is 1. The standard InChI is InChI=1S/C19H18N2O3/c1-23-10-9-21-18(12-20)17-11-15(7-8-16(17)19(21)22)24-13-14-5-3-2-4-6-14/h2-8,11,18H,9-10,13H2,1H3. The lowest BCUT2D eigenvalue weighted by Gasteiger charge is -2.19. The molecule has 1 amide bonds. The second kappa shape index (κ2) is 7.16. The lowest BCUT2D eigenvalue weighted by atomic mass is 10.1. The number of rotatable bonds is 6. The summed E-state index contributed by atoms with van der Waals surface area (Å²) < 4.78 is 10.8. The molecule has 1 aliphatic heterocycles. The maximum atomic E-state index is 12.4. The van der Waals surface area contributed by atoms with E-state index in [1.807, 2.05) is 30.3 Å². The Bertz CT molecular complexity index is 768. The minimum Gasteiger partial charge on any atom is -0.489 e. The highest BCUT2D eigenvalue weighted by Gasteiger charge is 2.36. The normalized spacial score (nSPS) is 15.9. The highest BCUT2D eigenvalue weighted by atomic mass is 16.5. The third kappa shape index (κ3) is 3.10. The molecule has 0 spiro atoms. The van der Waals surface area contributed by atoms with Crippen molar-refractivity contribution in [1.29, 1.82) is 5.26 Å². The average molecular weight is 322 g/mol. The van der Waals surface area contributed by atoms with Crippen molar-refractivity contribution in [2.45, 2.75) is 12.6 Å². The Kier molecular flexibility index (Phi) is 4.78. The first kappa shape index (κ1) is 16.0. The van der Waals surface area contributed by atoms with Crippen LogP contribution in [0.5, 0.6) is 5.75 Å². The van der Waals surface area contributed by atoms with E-state index in [0.717, 1.165) is 5.56 Å². The van der Waals surface area contributed by atoms with Gasteiger partial charge in [0.05, 0.1) is 12.7 Å². The van der Waals surface area contributed by atoms with E-state index < -0.39 is 6.04 Å². The lowest BCUT2D eigenvalue weighted by molar-refractivity contribution is 0.0693. The topological polar surface area (TPSA) is 62.6 Å². The molecule has 1 heterocycles. The Morgan fingerprint density at radius 1 is 1.21 bits per heavy atom. The van der Waals surface area contributed by atoms with Gasteiger partial charge in [-0.3, -0.25) is 4.79 Å². The summed E-state index contributed by atoms with van der Waals surface area (Å²) in [6.45, 7) is 1.23. The molecule has 0 saturated heterocycles. The van der Waals surface area contributed by atoms with Gasteiger partial charge in [-0.2, -0.15) is 5.26 Å². The molecule has 0 radical (unpaired) electrons. The van der Waals surface area contributed by atoms with Crippen LogP contribution in [0.1, 0.15) is 27.5 Å². The highest BCUT2D eigenvalue weighted by Crippen LogP contribution is 2.35. The minimum atomic E-state index is -0.595. The number of nitrogens with zero attached hydrogens (tertiary/aromatic N) is 2. The van der Waals surface area contributed by atoms with Crippen molar-refractivity contribution in [3.63, 3.8) is 0 Å². The van der Waals surface area contributed by atoms with Crippen LogP contribution in [-0.4, -0.2) is 31.1 Å². The van der Waals surface area contributed by atoms with Crippen molar-refractivity contribution in [3.8, 4) is 11.8 Å². The van der Waals surface area contributed by atoms with Gasteiger partial charge >= 0.3 is 0 Å². The number of carbonyl (C=O) groups excluding carboxylic acids is 1. The van der Waals surface area contributed by atoms with E-state index in [0.29, 0.717) is 36.6 Å². The fourth-order valence-corrected chi connectivity index (χ4v) is 2.79. The zero-order valence-corrected chi connectivity index (χ0v) is 13.4. The highest BCUT2D eigenvalue weighted by molar-refractivity contribution is 5.99. The lowest BCUT2D eigenvalue weighted by Crippen LogP contribution is -2.30. The van der Waals surface area contributed by atoms with Gasteiger partial charge in [0.15, 0.2) is 0 Å². The maximum absolute atomic E-state index is 12.4. The molecular formula is C19H18N2O3. The van der Waals surface area contributed by atoms with E-state index in [1.165, 1.54) is 4.90 Å². The Balaban J connectivity index is 1.79. The maximum Gasteiger partial charge on any atom is 0.255 e. The summed E-state index contributed by atoms with van der Waals surface area (Å²) in [5.41, 5.74) is 2.32. The molecular weight excluding hydrogens is 304 g/mol. The molecule has 2 aromatic carbocycles. The van der Waals surface area contributed by atoms with Crippen LogP contribution in [0, 0.1) is 11.3 Å². The van der Waals surface area contributed by atoms with E-state index in [9.17, 15) is 10.1 Å². The van der Waals surface area contributed by atoms with Crippen LogP contribution in [0.4, 0.5) is 0 Å². The largest absolute Gasteiger partial charge is 0.489 e. The number of nitriles is 1. The molecule has 2 aromatic rings. The Morgan fingerprint density at radius 3 is 2.71 bits per heavy atom. The Labute approximate surface area is 141 Å². The average Bonchev–Trinajstić information content (AvgIpc) is 2.90. The van der Waals surface area contributed by atoms with Crippen LogP contribution in [0.2, 0.25) is 0 Å². The zero-order chi connectivity index (χ0) is 16.9. The van der Waals surface area contributed by atoms with E-state index in [1.54, 1.807) is 25.3 Å². The molecule has 3 rings (SSSR count). The molecule has 0 aromatic heterocycles. The van der Waals surface area contributed by atoms with Crippen molar-refractivity contribution >= 4 is 5.91 Å². The van der Waals surface area contributed by atoms with Crippen molar-refractivity contribution in [3.05, 3.63) is 65.2 Å². The first-order valence-electron chi connectivity index (χ1n) is 7.75. The molecule has 5 heteroatoms. The molecule has 1 aliphatic rings. The zero-order valence-electron chi connectivity index (χ0n) is 13.4. The first-order valence-corrected chi connectivity index (χ1v) is 7.75. The first-order chi connectivity index (χ1) is 11.7. The number of carbonyl (C=O) groups is 1. The number of amides is 1. The Hall–Kier alpha value is -2.84. The summed E-state index contributed by atoms with van der Waals surface area (Å²) in [6.07, 6.45) is 0. The fraction of sp³-hybridized carbons (Fsp3) is 0.263. The van der Waals surface area contributed by atoms with Crippen LogP contribution in [0.25, 0.3) is 0 Å². The molecule has 0 bridgehead atoms. The van der Waals surface area contributed by atoms with Gasteiger partial charge in [0.1, 0.15) is 18.4 Å². The molecule has 122 valence electrons. The number of methoxy groups -OCH3 is 1. The molecule has 5 nitrogen and oxygen atoms in total. The molecule has 24 heavy (non-hydrogen) atoms. The second-order valence-corrected chi connectivity index (χ2v) is 5.55. The predicted molar refractivity (Wildman–Crippen MR) is 88.5 cm³/mol. The molecule has 0 saturated carbocycles. The SMILES string of the molecule is COCCN1C(=O)c2ccc(OCc3ccccc3)cc2C1C#N. The van der Waals surface area contributed by atoms with Gasteiger partial charge in [-0.05, 0) is 23.8 Å². The molecule has 0 aliphatic carbocycles. The number of benzene rings is 2.